The number of carbonyl (C=O) groups excluding carboxylic acids is 1. The molecule has 8 heteroatoms. The number of amides is 1. The number of ether oxygens (including phenoxy) is 1. The first-order valence-corrected chi connectivity index (χ1v) is 10.5. The van der Waals surface area contributed by atoms with Crippen molar-refractivity contribution in [2.45, 2.75) is 30.4 Å². The van der Waals surface area contributed by atoms with Crippen LogP contribution in [-0.2, 0) is 21.4 Å². The molecule has 4 rings (SSSR count). The fourth-order valence-corrected chi connectivity index (χ4v) is 5.40. The topological polar surface area (TPSA) is 90.7 Å². The molecule has 7 nitrogen and oxygen atoms in total. The van der Waals surface area contributed by atoms with Gasteiger partial charge >= 0.3 is 6.09 Å². The molecule has 28 heavy (non-hydrogen) atoms. The third-order valence-corrected chi connectivity index (χ3v) is 7.17. The monoisotopic (exact) mass is 397 g/mol. The van der Waals surface area contributed by atoms with E-state index in [-0.39, 0.29) is 36.2 Å². The highest BCUT2D eigenvalue weighted by Crippen LogP contribution is 2.33. The maximum absolute atomic E-state index is 13.0. The SMILES string of the molecule is N#Cc1ccccc1S(=O)(=O)N1CCC(N2C(=O)OCc3ccccc32)CC1. The highest BCUT2D eigenvalue weighted by molar-refractivity contribution is 7.89. The Hall–Kier alpha value is -2.89. The van der Waals surface area contributed by atoms with Crippen molar-refractivity contribution in [2.75, 3.05) is 18.0 Å². The van der Waals surface area contributed by atoms with E-state index in [1.54, 1.807) is 17.0 Å². The Morgan fingerprint density at radius 2 is 1.71 bits per heavy atom. The van der Waals surface area contributed by atoms with Gasteiger partial charge in [-0.15, -0.1) is 0 Å². The van der Waals surface area contributed by atoms with Crippen LogP contribution in [0.2, 0.25) is 0 Å². The highest BCUT2D eigenvalue weighted by atomic mass is 32.2. The smallest absolute Gasteiger partial charge is 0.414 e. The van der Waals surface area contributed by atoms with Gasteiger partial charge in [0.1, 0.15) is 12.7 Å². The molecule has 0 spiro atoms. The van der Waals surface area contributed by atoms with Gasteiger partial charge in [0.2, 0.25) is 10.0 Å². The van der Waals surface area contributed by atoms with E-state index in [4.69, 9.17) is 4.74 Å². The van der Waals surface area contributed by atoms with Crippen LogP contribution in [0.5, 0.6) is 0 Å². The van der Waals surface area contributed by atoms with Gasteiger partial charge in [-0.25, -0.2) is 13.2 Å². The van der Waals surface area contributed by atoms with E-state index >= 15 is 0 Å². The molecule has 2 aromatic carbocycles. The van der Waals surface area contributed by atoms with Crippen LogP contribution in [-0.4, -0.2) is 37.9 Å². The second-order valence-corrected chi connectivity index (χ2v) is 8.70. The lowest BCUT2D eigenvalue weighted by molar-refractivity contribution is 0.136. The summed E-state index contributed by atoms with van der Waals surface area (Å²) in [7, 11) is -3.76. The molecule has 2 aromatic rings. The van der Waals surface area contributed by atoms with Gasteiger partial charge in [-0.2, -0.15) is 9.57 Å². The lowest BCUT2D eigenvalue weighted by Gasteiger charge is -2.39. The molecule has 1 fully saturated rings. The minimum atomic E-state index is -3.76. The molecule has 144 valence electrons. The van der Waals surface area contributed by atoms with Crippen LogP contribution in [0, 0.1) is 11.3 Å². The summed E-state index contributed by atoms with van der Waals surface area (Å²) in [4.78, 5) is 14.0. The van der Waals surface area contributed by atoms with Gasteiger partial charge < -0.3 is 4.74 Å². The molecule has 0 atom stereocenters. The van der Waals surface area contributed by atoms with E-state index in [1.165, 1.54) is 16.4 Å². The van der Waals surface area contributed by atoms with E-state index in [0.717, 1.165) is 11.3 Å². The Kier molecular flexibility index (Phi) is 4.79. The lowest BCUT2D eigenvalue weighted by Crippen LogP contribution is -2.50. The number of cyclic esters (lactones) is 1. The summed E-state index contributed by atoms with van der Waals surface area (Å²) in [5.74, 6) is 0. The number of anilines is 1. The number of nitrogens with zero attached hydrogens (tertiary/aromatic N) is 3. The fraction of sp³-hybridized carbons (Fsp3) is 0.300. The predicted octanol–water partition coefficient (Wildman–Crippen LogP) is 2.87. The largest absolute Gasteiger partial charge is 0.444 e. The van der Waals surface area contributed by atoms with Crippen LogP contribution in [0.4, 0.5) is 10.5 Å². The summed E-state index contributed by atoms with van der Waals surface area (Å²) in [5, 5.41) is 9.22. The van der Waals surface area contributed by atoms with Crippen molar-refractivity contribution >= 4 is 21.8 Å². The maximum Gasteiger partial charge on any atom is 0.414 e. The molecule has 2 aliphatic rings. The zero-order valence-corrected chi connectivity index (χ0v) is 15.9. The van der Waals surface area contributed by atoms with Crippen molar-refractivity contribution in [1.82, 2.24) is 4.31 Å². The number of rotatable bonds is 3. The molecule has 0 unspecified atom stereocenters. The van der Waals surface area contributed by atoms with Crippen molar-refractivity contribution in [3.8, 4) is 6.07 Å². The zero-order valence-electron chi connectivity index (χ0n) is 15.1. The third-order valence-electron chi connectivity index (χ3n) is 5.21. The fourth-order valence-electron chi connectivity index (χ4n) is 3.78. The standard InChI is InChI=1S/C20H19N3O4S/c21-13-15-5-2-4-8-19(15)28(25,26)22-11-9-17(10-12-22)23-18-7-3-1-6-16(18)14-27-20(23)24/h1-8,17H,9-12,14H2. The first kappa shape index (κ1) is 18.5. The van der Waals surface area contributed by atoms with Crippen LogP contribution >= 0.6 is 0 Å². The molecule has 0 radical (unpaired) electrons. The quantitative estimate of drug-likeness (QED) is 0.794. The van der Waals surface area contributed by atoms with Gasteiger partial charge in [0, 0.05) is 24.7 Å². The first-order chi connectivity index (χ1) is 13.5. The number of fused-ring (bicyclic) bond motifs is 1. The van der Waals surface area contributed by atoms with Gasteiger partial charge in [0.25, 0.3) is 0 Å². The zero-order chi connectivity index (χ0) is 19.7. The Bertz CT molecular complexity index is 1050. The number of hydrogen-bond donors (Lipinski definition) is 0. The Balaban J connectivity index is 1.54. The maximum atomic E-state index is 13.0. The number of nitriles is 1. The summed E-state index contributed by atoms with van der Waals surface area (Å²) in [6.45, 7) is 0.807. The second kappa shape index (κ2) is 7.26. The Morgan fingerprint density at radius 3 is 2.46 bits per heavy atom. The molecule has 1 amide bonds. The molecule has 0 bridgehead atoms. The molecule has 0 aliphatic carbocycles. The second-order valence-electron chi connectivity index (χ2n) is 6.80. The van der Waals surface area contributed by atoms with Gasteiger partial charge in [0.15, 0.2) is 0 Å². The van der Waals surface area contributed by atoms with Gasteiger partial charge in [-0.3, -0.25) is 4.90 Å². The average molecular weight is 397 g/mol. The molecule has 2 aliphatic heterocycles. The molecule has 0 N–H and O–H groups in total. The molecule has 0 saturated carbocycles. The van der Waals surface area contributed by atoms with Crippen LogP contribution in [0.1, 0.15) is 24.0 Å². The Labute approximate surface area is 163 Å². The normalized spacial score (nSPS) is 18.2. The van der Waals surface area contributed by atoms with Crippen LogP contribution in [0.15, 0.2) is 53.4 Å². The average Bonchev–Trinajstić information content (AvgIpc) is 2.73. The molecular formula is C20H19N3O4S. The number of carbonyl (C=O) groups is 1. The van der Waals surface area contributed by atoms with Crippen molar-refractivity contribution < 1.29 is 17.9 Å². The van der Waals surface area contributed by atoms with Gasteiger partial charge in [-0.1, -0.05) is 30.3 Å². The number of sulfonamides is 1. The Morgan fingerprint density at radius 1 is 1.04 bits per heavy atom. The summed E-state index contributed by atoms with van der Waals surface area (Å²) in [6.07, 6.45) is 0.601. The van der Waals surface area contributed by atoms with E-state index < -0.39 is 16.1 Å². The highest BCUT2D eigenvalue weighted by Gasteiger charge is 2.37. The summed E-state index contributed by atoms with van der Waals surface area (Å²) in [5.41, 5.74) is 1.91. The van der Waals surface area contributed by atoms with E-state index in [9.17, 15) is 18.5 Å². The van der Waals surface area contributed by atoms with Crippen molar-refractivity contribution in [3.63, 3.8) is 0 Å². The van der Waals surface area contributed by atoms with Gasteiger partial charge in [-0.05, 0) is 31.0 Å². The van der Waals surface area contributed by atoms with Crippen molar-refractivity contribution in [3.05, 3.63) is 59.7 Å². The number of piperidine rings is 1. The minimum Gasteiger partial charge on any atom is -0.444 e. The molecule has 2 heterocycles. The number of hydrogen-bond acceptors (Lipinski definition) is 5. The molecule has 0 aromatic heterocycles. The van der Waals surface area contributed by atoms with E-state index in [1.807, 2.05) is 30.3 Å². The first-order valence-electron chi connectivity index (χ1n) is 9.05. The summed E-state index contributed by atoms with van der Waals surface area (Å²) < 4.78 is 32.6. The number of para-hydroxylation sites is 1. The predicted molar refractivity (Wildman–Crippen MR) is 102 cm³/mol. The van der Waals surface area contributed by atoms with Crippen molar-refractivity contribution in [1.29, 1.82) is 5.26 Å². The van der Waals surface area contributed by atoms with E-state index in [0.29, 0.717) is 12.8 Å². The summed E-state index contributed by atoms with van der Waals surface area (Å²) >= 11 is 0. The van der Waals surface area contributed by atoms with Gasteiger partial charge in [0.05, 0.1) is 16.1 Å². The lowest BCUT2D eigenvalue weighted by atomic mass is 10.0. The van der Waals surface area contributed by atoms with Crippen molar-refractivity contribution in [2.24, 2.45) is 0 Å². The van der Waals surface area contributed by atoms with Crippen LogP contribution < -0.4 is 4.90 Å². The van der Waals surface area contributed by atoms with E-state index in [2.05, 4.69) is 0 Å². The minimum absolute atomic E-state index is 0.0266. The van der Waals surface area contributed by atoms with Crippen LogP contribution in [0.25, 0.3) is 0 Å². The molecular weight excluding hydrogens is 378 g/mol. The van der Waals surface area contributed by atoms with Crippen LogP contribution in [0.3, 0.4) is 0 Å². The molecule has 1 saturated heterocycles. The summed E-state index contributed by atoms with van der Waals surface area (Å²) in [6, 6.07) is 15.6. The third kappa shape index (κ3) is 3.13. The number of benzene rings is 2.